The Bertz CT molecular complexity index is 569. The number of benzene rings is 2. The molecule has 0 unspecified atom stereocenters. The van der Waals surface area contributed by atoms with Crippen molar-refractivity contribution in [3.63, 3.8) is 0 Å². The third-order valence-electron chi connectivity index (χ3n) is 3.03. The van der Waals surface area contributed by atoms with Crippen molar-refractivity contribution in [3.05, 3.63) is 59.4 Å². The van der Waals surface area contributed by atoms with E-state index in [0.717, 1.165) is 36.4 Å². The second-order valence-electron chi connectivity index (χ2n) is 4.84. The van der Waals surface area contributed by atoms with Crippen LogP contribution in [0.4, 0.5) is 4.39 Å². The fourth-order valence-corrected chi connectivity index (χ4v) is 1.94. The minimum absolute atomic E-state index is 0.286. The zero-order chi connectivity index (χ0) is 14.4. The van der Waals surface area contributed by atoms with Crippen molar-refractivity contribution in [3.8, 4) is 11.5 Å². The van der Waals surface area contributed by atoms with Gasteiger partial charge in [-0.05, 0) is 49.2 Å². The third-order valence-corrected chi connectivity index (χ3v) is 3.03. The van der Waals surface area contributed by atoms with Crippen molar-refractivity contribution >= 4 is 0 Å². The van der Waals surface area contributed by atoms with Crippen molar-refractivity contribution in [1.29, 1.82) is 0 Å². The number of ether oxygens (including phenoxy) is 1. The number of hydrogen-bond acceptors (Lipinski definition) is 2. The average Bonchev–Trinajstić information content (AvgIpc) is 2.44. The molecule has 0 saturated heterocycles. The molecule has 2 rings (SSSR count). The first-order valence-corrected chi connectivity index (χ1v) is 6.92. The molecule has 20 heavy (non-hydrogen) atoms. The number of rotatable bonds is 6. The van der Waals surface area contributed by atoms with Gasteiger partial charge in [-0.1, -0.05) is 25.1 Å². The summed E-state index contributed by atoms with van der Waals surface area (Å²) in [5, 5.41) is 3.35. The van der Waals surface area contributed by atoms with Gasteiger partial charge in [-0.3, -0.25) is 0 Å². The Labute approximate surface area is 119 Å². The number of hydrogen-bond donors (Lipinski definition) is 1. The van der Waals surface area contributed by atoms with E-state index in [1.54, 1.807) is 6.07 Å². The standard InChI is InChI=1S/C17H20FNO/c1-3-9-19-12-14-5-4-6-16(10-14)20-17-11-15(18)8-7-13(17)2/h4-8,10-11,19H,3,9,12H2,1-2H3. The van der Waals surface area contributed by atoms with E-state index in [1.165, 1.54) is 12.1 Å². The van der Waals surface area contributed by atoms with Crippen molar-refractivity contribution in [2.45, 2.75) is 26.8 Å². The Morgan fingerprint density at radius 2 is 2.00 bits per heavy atom. The van der Waals surface area contributed by atoms with E-state index in [2.05, 4.69) is 12.2 Å². The van der Waals surface area contributed by atoms with Gasteiger partial charge in [0.2, 0.25) is 0 Å². The highest BCUT2D eigenvalue weighted by Gasteiger charge is 2.04. The zero-order valence-corrected chi connectivity index (χ0v) is 11.9. The first-order valence-electron chi connectivity index (χ1n) is 6.92. The molecular weight excluding hydrogens is 253 g/mol. The van der Waals surface area contributed by atoms with Gasteiger partial charge in [-0.25, -0.2) is 4.39 Å². The summed E-state index contributed by atoms with van der Waals surface area (Å²) in [6.45, 7) is 5.85. The molecule has 1 N–H and O–H groups in total. The second kappa shape index (κ2) is 7.06. The highest BCUT2D eigenvalue weighted by molar-refractivity contribution is 5.38. The van der Waals surface area contributed by atoms with Crippen molar-refractivity contribution in [2.75, 3.05) is 6.54 Å². The Morgan fingerprint density at radius 1 is 1.15 bits per heavy atom. The Hall–Kier alpha value is -1.87. The smallest absolute Gasteiger partial charge is 0.133 e. The Kier molecular flexibility index (Phi) is 5.13. The molecule has 2 aromatic carbocycles. The predicted octanol–water partition coefficient (Wildman–Crippen LogP) is 4.43. The fraction of sp³-hybridized carbons (Fsp3) is 0.294. The van der Waals surface area contributed by atoms with E-state index in [-0.39, 0.29) is 5.82 Å². The summed E-state index contributed by atoms with van der Waals surface area (Å²) in [6.07, 6.45) is 1.11. The molecule has 0 aliphatic rings. The van der Waals surface area contributed by atoms with Crippen LogP contribution in [0.25, 0.3) is 0 Å². The third kappa shape index (κ3) is 4.07. The normalized spacial score (nSPS) is 10.6. The van der Waals surface area contributed by atoms with Crippen molar-refractivity contribution in [1.82, 2.24) is 5.32 Å². The maximum Gasteiger partial charge on any atom is 0.133 e. The van der Waals surface area contributed by atoms with Crippen LogP contribution in [0.5, 0.6) is 11.5 Å². The fourth-order valence-electron chi connectivity index (χ4n) is 1.94. The van der Waals surface area contributed by atoms with E-state index < -0.39 is 0 Å². The largest absolute Gasteiger partial charge is 0.457 e. The van der Waals surface area contributed by atoms with E-state index in [9.17, 15) is 4.39 Å². The van der Waals surface area contributed by atoms with E-state index in [1.807, 2.05) is 31.2 Å². The molecule has 0 bridgehead atoms. The average molecular weight is 273 g/mol. The van der Waals surface area contributed by atoms with Crippen molar-refractivity contribution < 1.29 is 9.13 Å². The van der Waals surface area contributed by atoms with Gasteiger partial charge in [0.05, 0.1) is 0 Å². The molecule has 0 amide bonds. The molecule has 0 spiro atoms. The monoisotopic (exact) mass is 273 g/mol. The van der Waals surface area contributed by atoms with Crippen LogP contribution in [-0.4, -0.2) is 6.54 Å². The summed E-state index contributed by atoms with van der Waals surface area (Å²) in [4.78, 5) is 0. The molecule has 2 nitrogen and oxygen atoms in total. The van der Waals surface area contributed by atoms with Crippen LogP contribution in [0.3, 0.4) is 0 Å². The van der Waals surface area contributed by atoms with Gasteiger partial charge in [0, 0.05) is 12.6 Å². The minimum atomic E-state index is -0.286. The lowest BCUT2D eigenvalue weighted by Gasteiger charge is -2.10. The van der Waals surface area contributed by atoms with E-state index in [4.69, 9.17) is 4.74 Å². The lowest BCUT2D eigenvalue weighted by Crippen LogP contribution is -2.13. The molecule has 2 aromatic rings. The summed E-state index contributed by atoms with van der Waals surface area (Å²) in [7, 11) is 0. The van der Waals surface area contributed by atoms with Gasteiger partial charge >= 0.3 is 0 Å². The molecule has 0 aromatic heterocycles. The SMILES string of the molecule is CCCNCc1cccc(Oc2cc(F)ccc2C)c1. The van der Waals surface area contributed by atoms with Crippen LogP contribution >= 0.6 is 0 Å². The van der Waals surface area contributed by atoms with Crippen LogP contribution in [0, 0.1) is 12.7 Å². The molecule has 0 saturated carbocycles. The van der Waals surface area contributed by atoms with Crippen LogP contribution in [-0.2, 0) is 6.54 Å². The summed E-state index contributed by atoms with van der Waals surface area (Å²) in [5.74, 6) is 1.00. The lowest BCUT2D eigenvalue weighted by atomic mass is 10.2. The van der Waals surface area contributed by atoms with E-state index in [0.29, 0.717) is 5.75 Å². The summed E-state index contributed by atoms with van der Waals surface area (Å²) in [5.41, 5.74) is 2.07. The molecule has 106 valence electrons. The highest BCUT2D eigenvalue weighted by atomic mass is 19.1. The first-order chi connectivity index (χ1) is 9.69. The molecule has 0 radical (unpaired) electrons. The summed E-state index contributed by atoms with van der Waals surface area (Å²) >= 11 is 0. The van der Waals surface area contributed by atoms with Crippen LogP contribution < -0.4 is 10.1 Å². The van der Waals surface area contributed by atoms with Gasteiger partial charge in [0.1, 0.15) is 17.3 Å². The Morgan fingerprint density at radius 3 is 2.80 bits per heavy atom. The number of nitrogens with one attached hydrogen (secondary N) is 1. The van der Waals surface area contributed by atoms with Gasteiger partial charge in [0.25, 0.3) is 0 Å². The molecule has 0 atom stereocenters. The van der Waals surface area contributed by atoms with Crippen LogP contribution in [0.15, 0.2) is 42.5 Å². The number of aryl methyl sites for hydroxylation is 1. The number of halogens is 1. The van der Waals surface area contributed by atoms with E-state index >= 15 is 0 Å². The maximum absolute atomic E-state index is 13.2. The molecule has 0 fully saturated rings. The van der Waals surface area contributed by atoms with Gasteiger partial charge in [-0.2, -0.15) is 0 Å². The molecule has 0 aliphatic carbocycles. The minimum Gasteiger partial charge on any atom is -0.457 e. The van der Waals surface area contributed by atoms with Gasteiger partial charge in [-0.15, -0.1) is 0 Å². The molecule has 0 aliphatic heterocycles. The first kappa shape index (κ1) is 14.5. The topological polar surface area (TPSA) is 21.3 Å². The summed E-state index contributed by atoms with van der Waals surface area (Å²) < 4.78 is 19.0. The van der Waals surface area contributed by atoms with Crippen LogP contribution in [0.1, 0.15) is 24.5 Å². The molecule has 3 heteroatoms. The molecule has 0 heterocycles. The second-order valence-corrected chi connectivity index (χ2v) is 4.84. The molecular formula is C17H20FNO. The lowest BCUT2D eigenvalue weighted by molar-refractivity contribution is 0.472. The Balaban J connectivity index is 2.09. The van der Waals surface area contributed by atoms with Gasteiger partial charge in [0.15, 0.2) is 0 Å². The summed E-state index contributed by atoms with van der Waals surface area (Å²) in [6, 6.07) is 12.4. The zero-order valence-electron chi connectivity index (χ0n) is 11.9. The van der Waals surface area contributed by atoms with Gasteiger partial charge < -0.3 is 10.1 Å². The predicted molar refractivity (Wildman–Crippen MR) is 79.7 cm³/mol. The van der Waals surface area contributed by atoms with Crippen LogP contribution in [0.2, 0.25) is 0 Å². The van der Waals surface area contributed by atoms with Crippen molar-refractivity contribution in [2.24, 2.45) is 0 Å². The maximum atomic E-state index is 13.2. The quantitative estimate of drug-likeness (QED) is 0.786. The highest BCUT2D eigenvalue weighted by Crippen LogP contribution is 2.26.